The molecule has 0 spiro atoms. The predicted octanol–water partition coefficient (Wildman–Crippen LogP) is 4.89. The quantitative estimate of drug-likeness (QED) is 0.505. The second kappa shape index (κ2) is 7.48. The molecular weight excluding hydrogens is 392 g/mol. The van der Waals surface area contributed by atoms with E-state index in [9.17, 15) is 0 Å². The van der Waals surface area contributed by atoms with E-state index >= 15 is 0 Å². The van der Waals surface area contributed by atoms with E-state index in [0.717, 1.165) is 11.4 Å². The fourth-order valence-electron chi connectivity index (χ4n) is 2.79. The summed E-state index contributed by atoms with van der Waals surface area (Å²) in [6.07, 6.45) is 0. The first-order valence-corrected chi connectivity index (χ1v) is 10.3. The molecule has 4 aromatic rings. The van der Waals surface area contributed by atoms with Crippen LogP contribution in [0.3, 0.4) is 0 Å². The normalized spacial score (nSPS) is 11.9. The van der Waals surface area contributed by atoms with E-state index < -0.39 is 0 Å². The summed E-state index contributed by atoms with van der Waals surface area (Å²) in [5.41, 5.74) is 2.14. The summed E-state index contributed by atoms with van der Waals surface area (Å²) in [7, 11) is 0. The van der Waals surface area contributed by atoms with Gasteiger partial charge in [0, 0.05) is 15.3 Å². The number of benzene rings is 1. The lowest BCUT2D eigenvalue weighted by Gasteiger charge is -2.18. The topological polar surface area (TPSA) is 68.5 Å². The van der Waals surface area contributed by atoms with Gasteiger partial charge in [0.15, 0.2) is 17.0 Å². The first-order valence-electron chi connectivity index (χ1n) is 9.03. The molecule has 0 aliphatic rings. The lowest BCUT2D eigenvalue weighted by Crippen LogP contribution is -2.18. The summed E-state index contributed by atoms with van der Waals surface area (Å²) in [5, 5.41) is 14.9. The average molecular weight is 413 g/mol. The van der Waals surface area contributed by atoms with E-state index in [0.29, 0.717) is 35.1 Å². The Hall–Kier alpha value is -2.51. The van der Waals surface area contributed by atoms with Crippen LogP contribution in [0, 0.1) is 0 Å². The van der Waals surface area contributed by atoms with Crippen LogP contribution in [0.2, 0.25) is 5.02 Å². The maximum absolute atomic E-state index is 6.33. The van der Waals surface area contributed by atoms with Crippen molar-refractivity contribution in [2.45, 2.75) is 39.3 Å². The zero-order chi connectivity index (χ0) is 19.7. The van der Waals surface area contributed by atoms with E-state index in [1.54, 1.807) is 16.0 Å². The van der Waals surface area contributed by atoms with Gasteiger partial charge in [0.05, 0.1) is 13.1 Å². The maximum Gasteiger partial charge on any atom is 0.184 e. The summed E-state index contributed by atoms with van der Waals surface area (Å²) in [6, 6.07) is 11.9. The van der Waals surface area contributed by atoms with Crippen molar-refractivity contribution in [3.63, 3.8) is 0 Å². The number of thiophene rings is 1. The fraction of sp³-hybridized carbons (Fsp3) is 0.300. The highest BCUT2D eigenvalue weighted by Gasteiger charge is 2.23. The van der Waals surface area contributed by atoms with Crippen LogP contribution in [0.1, 0.15) is 37.0 Å². The smallest absolute Gasteiger partial charge is 0.184 e. The van der Waals surface area contributed by atoms with Gasteiger partial charge in [-0.3, -0.25) is 0 Å². The molecule has 3 heterocycles. The van der Waals surface area contributed by atoms with Gasteiger partial charge in [0.1, 0.15) is 5.82 Å². The van der Waals surface area contributed by atoms with Gasteiger partial charge in [0.2, 0.25) is 0 Å². The molecule has 0 saturated carbocycles. The molecule has 0 unspecified atom stereocenters. The number of nitrogens with one attached hydrogen (secondary N) is 1. The molecule has 6 nitrogen and oxygen atoms in total. The molecule has 4 rings (SSSR count). The number of aromatic nitrogens is 5. The van der Waals surface area contributed by atoms with Gasteiger partial charge < -0.3 is 5.32 Å². The average Bonchev–Trinajstić information content (AvgIpc) is 3.31. The number of halogens is 1. The minimum absolute atomic E-state index is 0.201. The molecule has 0 aliphatic carbocycles. The summed E-state index contributed by atoms with van der Waals surface area (Å²) < 4.78 is 1.78. The van der Waals surface area contributed by atoms with Gasteiger partial charge in [0.25, 0.3) is 0 Å². The van der Waals surface area contributed by atoms with Gasteiger partial charge in [-0.2, -0.15) is 0 Å². The number of hydrogen-bond donors (Lipinski definition) is 1. The van der Waals surface area contributed by atoms with E-state index in [1.807, 2.05) is 30.3 Å². The van der Waals surface area contributed by atoms with Crippen LogP contribution >= 0.6 is 22.9 Å². The maximum atomic E-state index is 6.33. The van der Waals surface area contributed by atoms with Crippen molar-refractivity contribution in [3.8, 4) is 0 Å². The molecule has 0 saturated heterocycles. The fourth-order valence-corrected chi connectivity index (χ4v) is 3.63. The Morgan fingerprint density at radius 1 is 1.11 bits per heavy atom. The van der Waals surface area contributed by atoms with Crippen molar-refractivity contribution in [1.82, 2.24) is 25.0 Å². The summed E-state index contributed by atoms with van der Waals surface area (Å²) >= 11 is 8.03. The Morgan fingerprint density at radius 2 is 1.93 bits per heavy atom. The Bertz CT molecular complexity index is 1100. The first kappa shape index (κ1) is 18.8. The van der Waals surface area contributed by atoms with Gasteiger partial charge in [-0.15, -0.1) is 16.4 Å². The highest BCUT2D eigenvalue weighted by atomic mass is 35.5. The predicted molar refractivity (Wildman–Crippen MR) is 114 cm³/mol. The van der Waals surface area contributed by atoms with Crippen molar-refractivity contribution >= 4 is 39.9 Å². The highest BCUT2D eigenvalue weighted by molar-refractivity contribution is 7.09. The highest BCUT2D eigenvalue weighted by Crippen LogP contribution is 2.26. The van der Waals surface area contributed by atoms with E-state index in [1.165, 1.54) is 4.88 Å². The van der Waals surface area contributed by atoms with Gasteiger partial charge in [-0.05, 0) is 23.1 Å². The van der Waals surface area contributed by atoms with Crippen LogP contribution in [0.15, 0.2) is 41.8 Å². The van der Waals surface area contributed by atoms with Crippen molar-refractivity contribution in [3.05, 3.63) is 63.1 Å². The third-order valence-corrected chi connectivity index (χ3v) is 5.57. The molecule has 1 aromatic carbocycles. The van der Waals surface area contributed by atoms with E-state index in [2.05, 4.69) is 47.8 Å². The first-order chi connectivity index (χ1) is 13.4. The SMILES string of the molecule is CC(C)(C)c1nc(NCc2cccs2)c2nnn(Cc3ccccc3Cl)c2n1. The molecule has 0 aliphatic heterocycles. The standard InChI is InChI=1S/C20H21ClN6S/c1-20(2,3)19-23-17(22-11-14-8-6-10-28-14)16-18(24-19)27(26-25-16)12-13-7-4-5-9-15(13)21/h4-10H,11-12H2,1-3H3,(H,22,23,24). The van der Waals surface area contributed by atoms with Gasteiger partial charge in [-0.25, -0.2) is 14.6 Å². The van der Waals surface area contributed by atoms with Gasteiger partial charge >= 0.3 is 0 Å². The largest absolute Gasteiger partial charge is 0.363 e. The van der Waals surface area contributed by atoms with Crippen LogP contribution in [0.25, 0.3) is 11.2 Å². The Kier molecular flexibility index (Phi) is 5.03. The molecule has 0 radical (unpaired) electrons. The summed E-state index contributed by atoms with van der Waals surface area (Å²) in [6.45, 7) is 7.48. The van der Waals surface area contributed by atoms with Crippen molar-refractivity contribution in [2.75, 3.05) is 5.32 Å². The van der Waals surface area contributed by atoms with Crippen molar-refractivity contribution in [2.24, 2.45) is 0 Å². The lowest BCUT2D eigenvalue weighted by molar-refractivity contribution is 0.546. The monoisotopic (exact) mass is 412 g/mol. The number of rotatable bonds is 5. The van der Waals surface area contributed by atoms with Crippen molar-refractivity contribution < 1.29 is 0 Å². The number of fused-ring (bicyclic) bond motifs is 1. The molecule has 0 bridgehead atoms. The minimum atomic E-state index is -0.201. The molecule has 0 amide bonds. The Morgan fingerprint density at radius 3 is 2.64 bits per heavy atom. The molecule has 0 fully saturated rings. The van der Waals surface area contributed by atoms with Crippen LogP contribution < -0.4 is 5.32 Å². The third kappa shape index (κ3) is 3.86. The van der Waals surface area contributed by atoms with Crippen LogP contribution in [0.5, 0.6) is 0 Å². The van der Waals surface area contributed by atoms with Crippen LogP contribution in [-0.4, -0.2) is 25.0 Å². The number of anilines is 1. The Balaban J connectivity index is 1.76. The molecule has 28 heavy (non-hydrogen) atoms. The molecule has 1 N–H and O–H groups in total. The molecular formula is C20H21ClN6S. The summed E-state index contributed by atoms with van der Waals surface area (Å²) in [4.78, 5) is 10.8. The third-order valence-electron chi connectivity index (χ3n) is 4.32. The number of nitrogens with zero attached hydrogens (tertiary/aromatic N) is 5. The van der Waals surface area contributed by atoms with Gasteiger partial charge in [-0.1, -0.05) is 61.9 Å². The molecule has 0 atom stereocenters. The Labute approximate surface area is 172 Å². The van der Waals surface area contributed by atoms with Crippen LogP contribution in [-0.2, 0) is 18.5 Å². The second-order valence-electron chi connectivity index (χ2n) is 7.59. The molecule has 144 valence electrons. The zero-order valence-corrected chi connectivity index (χ0v) is 17.6. The molecule has 3 aromatic heterocycles. The van der Waals surface area contributed by atoms with Crippen molar-refractivity contribution in [1.29, 1.82) is 0 Å². The summed E-state index contributed by atoms with van der Waals surface area (Å²) in [5.74, 6) is 1.45. The second-order valence-corrected chi connectivity index (χ2v) is 9.03. The minimum Gasteiger partial charge on any atom is -0.363 e. The van der Waals surface area contributed by atoms with Crippen LogP contribution in [0.4, 0.5) is 5.82 Å². The lowest BCUT2D eigenvalue weighted by atomic mass is 9.96. The van der Waals surface area contributed by atoms with E-state index in [-0.39, 0.29) is 5.41 Å². The number of hydrogen-bond acceptors (Lipinski definition) is 6. The van der Waals surface area contributed by atoms with E-state index in [4.69, 9.17) is 21.6 Å². The zero-order valence-electron chi connectivity index (χ0n) is 16.0. The molecule has 8 heteroatoms.